The minimum absolute atomic E-state index is 0.253. The number of anilines is 1. The van der Waals surface area contributed by atoms with Crippen LogP contribution in [0.25, 0.3) is 0 Å². The number of carbonyl (C=O) groups is 1. The van der Waals surface area contributed by atoms with Crippen LogP contribution < -0.4 is 4.90 Å². The summed E-state index contributed by atoms with van der Waals surface area (Å²) in [6.45, 7) is 5.01. The van der Waals surface area contributed by atoms with E-state index in [0.29, 0.717) is 12.3 Å². The summed E-state index contributed by atoms with van der Waals surface area (Å²) in [5.74, 6) is 1.68. The molecule has 0 radical (unpaired) electrons. The number of carbonyl (C=O) groups excluding carboxylic acids is 1. The highest BCUT2D eigenvalue weighted by Crippen LogP contribution is 2.34. The summed E-state index contributed by atoms with van der Waals surface area (Å²) >= 11 is 1.83. The van der Waals surface area contributed by atoms with Crippen molar-refractivity contribution in [3.63, 3.8) is 0 Å². The number of nitrogens with zero attached hydrogens (tertiary/aromatic N) is 1. The number of benzene rings is 1. The first kappa shape index (κ1) is 11.5. The fourth-order valence-corrected chi connectivity index (χ4v) is 2.88. The van der Waals surface area contributed by atoms with Crippen LogP contribution in [-0.2, 0) is 4.79 Å². The van der Waals surface area contributed by atoms with Crippen molar-refractivity contribution in [1.82, 2.24) is 0 Å². The van der Waals surface area contributed by atoms with E-state index in [4.69, 9.17) is 0 Å². The van der Waals surface area contributed by atoms with Crippen molar-refractivity contribution in [2.24, 2.45) is 5.92 Å². The van der Waals surface area contributed by atoms with Gasteiger partial charge in [0.2, 0.25) is 5.91 Å². The van der Waals surface area contributed by atoms with Crippen LogP contribution in [0.2, 0.25) is 0 Å². The van der Waals surface area contributed by atoms with E-state index in [1.807, 2.05) is 34.9 Å². The van der Waals surface area contributed by atoms with Crippen LogP contribution in [-0.4, -0.2) is 18.2 Å². The smallest absolute Gasteiger partial charge is 0.227 e. The number of rotatable bonds is 2. The molecule has 0 N–H and O–H groups in total. The summed E-state index contributed by atoms with van der Waals surface area (Å²) in [5, 5.41) is 0. The summed E-state index contributed by atoms with van der Waals surface area (Å²) in [4.78, 5) is 15.3. The van der Waals surface area contributed by atoms with Gasteiger partial charge in [-0.15, -0.1) is 11.8 Å². The lowest BCUT2D eigenvalue weighted by Crippen LogP contribution is -2.35. The fraction of sp³-hybridized carbons (Fsp3) is 0.462. The number of fused-ring (bicyclic) bond motifs is 1. The van der Waals surface area contributed by atoms with Gasteiger partial charge in [-0.3, -0.25) is 4.79 Å². The van der Waals surface area contributed by atoms with Crippen LogP contribution in [0.3, 0.4) is 0 Å². The number of amides is 1. The molecule has 1 aromatic rings. The van der Waals surface area contributed by atoms with Gasteiger partial charge in [0.1, 0.15) is 0 Å². The van der Waals surface area contributed by atoms with E-state index in [1.54, 1.807) is 0 Å². The Labute approximate surface area is 101 Å². The second-order valence-corrected chi connectivity index (χ2v) is 5.60. The Bertz CT molecular complexity index is 389. The minimum atomic E-state index is 0.253. The Morgan fingerprint density at radius 3 is 2.94 bits per heavy atom. The molecule has 1 aliphatic heterocycles. The summed E-state index contributed by atoms with van der Waals surface area (Å²) in [6, 6.07) is 8.16. The molecule has 1 aromatic carbocycles. The van der Waals surface area contributed by atoms with E-state index in [1.165, 1.54) is 4.90 Å². The van der Waals surface area contributed by atoms with Crippen molar-refractivity contribution in [3.05, 3.63) is 24.3 Å². The molecule has 0 aliphatic carbocycles. The maximum absolute atomic E-state index is 12.1. The molecule has 1 heterocycles. The van der Waals surface area contributed by atoms with E-state index in [2.05, 4.69) is 19.9 Å². The molecule has 2 nitrogen and oxygen atoms in total. The molecule has 0 aromatic heterocycles. The summed E-state index contributed by atoms with van der Waals surface area (Å²) < 4.78 is 0. The Kier molecular flexibility index (Phi) is 3.54. The Balaban J connectivity index is 2.21. The van der Waals surface area contributed by atoms with Crippen molar-refractivity contribution >= 4 is 23.4 Å². The normalized spacial score (nSPS) is 15.1. The van der Waals surface area contributed by atoms with Gasteiger partial charge in [-0.1, -0.05) is 26.0 Å². The van der Waals surface area contributed by atoms with Gasteiger partial charge in [0.25, 0.3) is 0 Å². The third-order valence-corrected chi connectivity index (χ3v) is 3.66. The topological polar surface area (TPSA) is 20.3 Å². The average molecular weight is 235 g/mol. The zero-order valence-corrected chi connectivity index (χ0v) is 10.6. The van der Waals surface area contributed by atoms with Crippen molar-refractivity contribution < 1.29 is 4.79 Å². The maximum atomic E-state index is 12.1. The van der Waals surface area contributed by atoms with E-state index in [0.717, 1.165) is 18.0 Å². The van der Waals surface area contributed by atoms with Crippen LogP contribution in [0.15, 0.2) is 29.2 Å². The highest BCUT2D eigenvalue weighted by Gasteiger charge is 2.22. The molecule has 0 unspecified atom stereocenters. The standard InChI is InChI=1S/C13H17NOS/c1-10(2)9-13(15)14-7-8-16-12-6-4-3-5-11(12)14/h3-6,10H,7-9H2,1-2H3. The van der Waals surface area contributed by atoms with E-state index >= 15 is 0 Å². The molecule has 0 saturated carbocycles. The lowest BCUT2D eigenvalue weighted by molar-refractivity contribution is -0.119. The molecule has 0 fully saturated rings. The molecule has 1 amide bonds. The predicted octanol–water partition coefficient (Wildman–Crippen LogP) is 3.17. The van der Waals surface area contributed by atoms with Gasteiger partial charge < -0.3 is 4.90 Å². The lowest BCUT2D eigenvalue weighted by Gasteiger charge is -2.29. The lowest BCUT2D eigenvalue weighted by atomic mass is 10.1. The molecule has 3 heteroatoms. The highest BCUT2D eigenvalue weighted by atomic mass is 32.2. The van der Waals surface area contributed by atoms with Gasteiger partial charge in [0, 0.05) is 23.6 Å². The van der Waals surface area contributed by atoms with Crippen molar-refractivity contribution in [3.8, 4) is 0 Å². The SMILES string of the molecule is CC(C)CC(=O)N1CCSc2ccccc21. The Morgan fingerprint density at radius 2 is 2.19 bits per heavy atom. The first-order valence-electron chi connectivity index (χ1n) is 5.70. The first-order valence-corrected chi connectivity index (χ1v) is 6.69. The van der Waals surface area contributed by atoms with Crippen molar-refractivity contribution in [2.75, 3.05) is 17.2 Å². The number of hydrogen-bond donors (Lipinski definition) is 0. The van der Waals surface area contributed by atoms with Gasteiger partial charge in [0.05, 0.1) is 5.69 Å². The second-order valence-electron chi connectivity index (χ2n) is 4.46. The highest BCUT2D eigenvalue weighted by molar-refractivity contribution is 7.99. The molecule has 0 bridgehead atoms. The maximum Gasteiger partial charge on any atom is 0.227 e. The Hall–Kier alpha value is -0.960. The van der Waals surface area contributed by atoms with Crippen LogP contribution in [0.5, 0.6) is 0 Å². The van der Waals surface area contributed by atoms with Gasteiger partial charge in [-0.2, -0.15) is 0 Å². The molecule has 86 valence electrons. The summed E-state index contributed by atoms with van der Waals surface area (Å²) in [6.07, 6.45) is 0.638. The molecule has 2 rings (SSSR count). The monoisotopic (exact) mass is 235 g/mol. The largest absolute Gasteiger partial charge is 0.310 e. The average Bonchev–Trinajstić information content (AvgIpc) is 2.27. The fourth-order valence-electron chi connectivity index (χ4n) is 1.89. The van der Waals surface area contributed by atoms with E-state index in [-0.39, 0.29) is 5.91 Å². The molecule has 0 spiro atoms. The Morgan fingerprint density at radius 1 is 1.44 bits per heavy atom. The zero-order valence-electron chi connectivity index (χ0n) is 9.77. The van der Waals surface area contributed by atoms with Gasteiger partial charge in [0.15, 0.2) is 0 Å². The zero-order chi connectivity index (χ0) is 11.5. The number of hydrogen-bond acceptors (Lipinski definition) is 2. The molecule has 0 atom stereocenters. The molecule has 1 aliphatic rings. The van der Waals surface area contributed by atoms with Crippen LogP contribution >= 0.6 is 11.8 Å². The van der Waals surface area contributed by atoms with Gasteiger partial charge in [-0.05, 0) is 18.1 Å². The third kappa shape index (κ3) is 2.40. The molecule has 16 heavy (non-hydrogen) atoms. The summed E-state index contributed by atoms with van der Waals surface area (Å²) in [5.41, 5.74) is 1.09. The van der Waals surface area contributed by atoms with Crippen LogP contribution in [0.1, 0.15) is 20.3 Å². The second kappa shape index (κ2) is 4.91. The van der Waals surface area contributed by atoms with Gasteiger partial charge >= 0.3 is 0 Å². The quantitative estimate of drug-likeness (QED) is 0.784. The summed E-state index contributed by atoms with van der Waals surface area (Å²) in [7, 11) is 0. The number of thioether (sulfide) groups is 1. The molecular formula is C13H17NOS. The van der Waals surface area contributed by atoms with Crippen molar-refractivity contribution in [1.29, 1.82) is 0 Å². The van der Waals surface area contributed by atoms with Crippen LogP contribution in [0.4, 0.5) is 5.69 Å². The number of para-hydroxylation sites is 1. The van der Waals surface area contributed by atoms with E-state index in [9.17, 15) is 4.79 Å². The third-order valence-electron chi connectivity index (χ3n) is 2.61. The van der Waals surface area contributed by atoms with Crippen LogP contribution in [0, 0.1) is 5.92 Å². The molecule has 0 saturated heterocycles. The van der Waals surface area contributed by atoms with Gasteiger partial charge in [-0.25, -0.2) is 0 Å². The first-order chi connectivity index (χ1) is 7.68. The van der Waals surface area contributed by atoms with Crippen molar-refractivity contribution in [2.45, 2.75) is 25.2 Å². The molecular weight excluding hydrogens is 218 g/mol. The predicted molar refractivity (Wildman–Crippen MR) is 69.0 cm³/mol. The van der Waals surface area contributed by atoms with E-state index < -0.39 is 0 Å². The minimum Gasteiger partial charge on any atom is -0.310 e.